The minimum Gasteiger partial charge on any atom is -0.322 e. The average Bonchev–Trinajstić information content (AvgIpc) is 2.93. The second kappa shape index (κ2) is 5.68. The average molecular weight is 350 g/mol. The first-order valence-electron chi connectivity index (χ1n) is 6.58. The van der Waals surface area contributed by atoms with Crippen molar-refractivity contribution in [3.05, 3.63) is 59.5 Å². The zero-order chi connectivity index (χ0) is 16.6. The van der Waals surface area contributed by atoms with E-state index in [1.54, 1.807) is 35.1 Å². The van der Waals surface area contributed by atoms with Gasteiger partial charge in [0.2, 0.25) is 0 Å². The van der Waals surface area contributed by atoms with E-state index in [2.05, 4.69) is 10.3 Å². The molecule has 1 N–H and O–H groups in total. The van der Waals surface area contributed by atoms with Crippen molar-refractivity contribution in [2.75, 3.05) is 11.6 Å². The second-order valence-electron chi connectivity index (χ2n) is 5.01. The topological polar surface area (TPSA) is 80.5 Å². The molecule has 118 valence electrons. The monoisotopic (exact) mass is 349 g/mol. The molecule has 0 radical (unpaired) electrons. The Morgan fingerprint density at radius 2 is 2.04 bits per heavy atom. The van der Waals surface area contributed by atoms with Crippen LogP contribution in [-0.4, -0.2) is 30.0 Å². The molecule has 0 saturated carbocycles. The molecule has 23 heavy (non-hydrogen) atoms. The van der Waals surface area contributed by atoms with E-state index < -0.39 is 9.84 Å². The molecular formula is C15H12ClN3O3S. The Labute approximate surface area is 137 Å². The lowest BCUT2D eigenvalue weighted by atomic mass is 10.2. The Kier molecular flexibility index (Phi) is 3.83. The van der Waals surface area contributed by atoms with Crippen LogP contribution in [0.4, 0.5) is 5.69 Å². The fourth-order valence-electron chi connectivity index (χ4n) is 2.11. The summed E-state index contributed by atoms with van der Waals surface area (Å²) in [6.45, 7) is 0. The zero-order valence-corrected chi connectivity index (χ0v) is 13.6. The number of hydrogen-bond acceptors (Lipinski definition) is 4. The minimum atomic E-state index is -3.42. The first-order valence-corrected chi connectivity index (χ1v) is 8.84. The summed E-state index contributed by atoms with van der Waals surface area (Å²) >= 11 is 5.92. The Balaban J connectivity index is 1.91. The zero-order valence-electron chi connectivity index (χ0n) is 12.0. The molecule has 0 bridgehead atoms. The predicted molar refractivity (Wildman–Crippen MR) is 87.7 cm³/mol. The van der Waals surface area contributed by atoms with Gasteiger partial charge in [0, 0.05) is 35.6 Å². The van der Waals surface area contributed by atoms with Gasteiger partial charge in [-0.3, -0.25) is 4.79 Å². The summed E-state index contributed by atoms with van der Waals surface area (Å²) < 4.78 is 25.0. The Morgan fingerprint density at radius 3 is 2.78 bits per heavy atom. The molecule has 2 aromatic heterocycles. The van der Waals surface area contributed by atoms with E-state index >= 15 is 0 Å². The second-order valence-corrected chi connectivity index (χ2v) is 7.46. The van der Waals surface area contributed by atoms with Crippen LogP contribution in [0.1, 0.15) is 10.4 Å². The van der Waals surface area contributed by atoms with Crippen molar-refractivity contribution in [1.29, 1.82) is 0 Å². The predicted octanol–water partition coefficient (Wildman–Crippen LogP) is 2.64. The van der Waals surface area contributed by atoms with Crippen molar-refractivity contribution in [1.82, 2.24) is 9.38 Å². The third-order valence-electron chi connectivity index (χ3n) is 3.21. The van der Waals surface area contributed by atoms with Crippen molar-refractivity contribution in [2.45, 2.75) is 4.90 Å². The van der Waals surface area contributed by atoms with Gasteiger partial charge in [0.25, 0.3) is 5.91 Å². The number of carbonyl (C=O) groups is 1. The Bertz CT molecular complexity index is 1010. The molecule has 0 aliphatic carbocycles. The van der Waals surface area contributed by atoms with Crippen molar-refractivity contribution in [3.8, 4) is 0 Å². The first kappa shape index (κ1) is 15.5. The maximum Gasteiger partial charge on any atom is 0.257 e. The number of pyridine rings is 1. The third kappa shape index (κ3) is 3.35. The molecule has 0 fully saturated rings. The molecule has 3 aromatic rings. The summed E-state index contributed by atoms with van der Waals surface area (Å²) in [6, 6.07) is 7.55. The van der Waals surface area contributed by atoms with Gasteiger partial charge >= 0.3 is 0 Å². The molecule has 6 nitrogen and oxygen atoms in total. The number of imidazole rings is 1. The highest BCUT2D eigenvalue weighted by atomic mass is 35.5. The molecule has 2 heterocycles. The van der Waals surface area contributed by atoms with E-state index in [0.717, 1.165) is 11.9 Å². The van der Waals surface area contributed by atoms with Crippen LogP contribution >= 0.6 is 11.6 Å². The lowest BCUT2D eigenvalue weighted by Gasteiger charge is -2.08. The fourth-order valence-corrected chi connectivity index (χ4v) is 3.09. The molecule has 0 aliphatic rings. The summed E-state index contributed by atoms with van der Waals surface area (Å²) in [4.78, 5) is 16.5. The third-order valence-corrected chi connectivity index (χ3v) is 4.52. The van der Waals surface area contributed by atoms with E-state index in [1.165, 1.54) is 18.2 Å². The van der Waals surface area contributed by atoms with Gasteiger partial charge < -0.3 is 9.72 Å². The molecule has 0 spiro atoms. The van der Waals surface area contributed by atoms with Crippen LogP contribution in [0.2, 0.25) is 5.02 Å². The number of aromatic nitrogens is 2. The van der Waals surface area contributed by atoms with Crippen LogP contribution in [0.15, 0.2) is 53.8 Å². The fraction of sp³-hybridized carbons (Fsp3) is 0.0667. The van der Waals surface area contributed by atoms with Crippen LogP contribution in [0, 0.1) is 0 Å². The van der Waals surface area contributed by atoms with E-state index in [9.17, 15) is 13.2 Å². The number of halogens is 1. The van der Waals surface area contributed by atoms with Gasteiger partial charge in [0.15, 0.2) is 9.84 Å². The molecule has 0 aliphatic heterocycles. The maximum atomic E-state index is 12.3. The van der Waals surface area contributed by atoms with Crippen LogP contribution < -0.4 is 5.32 Å². The molecular weight excluding hydrogens is 338 g/mol. The first-order chi connectivity index (χ1) is 10.8. The minimum absolute atomic E-state index is 0.0466. The van der Waals surface area contributed by atoms with E-state index in [4.69, 9.17) is 11.6 Å². The molecule has 0 atom stereocenters. The van der Waals surface area contributed by atoms with E-state index in [1.807, 2.05) is 0 Å². The highest BCUT2D eigenvalue weighted by molar-refractivity contribution is 7.90. The normalized spacial score (nSPS) is 11.6. The molecule has 0 unspecified atom stereocenters. The van der Waals surface area contributed by atoms with Gasteiger partial charge in [-0.25, -0.2) is 13.4 Å². The summed E-state index contributed by atoms with van der Waals surface area (Å²) in [7, 11) is -3.42. The molecule has 3 rings (SSSR count). The number of fused-ring (bicyclic) bond motifs is 1. The van der Waals surface area contributed by atoms with Crippen LogP contribution in [0.25, 0.3) is 5.65 Å². The van der Waals surface area contributed by atoms with E-state index in [-0.39, 0.29) is 15.8 Å². The molecule has 0 saturated heterocycles. The lowest BCUT2D eigenvalue weighted by Crippen LogP contribution is -2.13. The van der Waals surface area contributed by atoms with E-state index in [0.29, 0.717) is 11.3 Å². The van der Waals surface area contributed by atoms with Crippen molar-refractivity contribution >= 4 is 38.7 Å². The van der Waals surface area contributed by atoms with Crippen LogP contribution in [0.3, 0.4) is 0 Å². The largest absolute Gasteiger partial charge is 0.322 e. The van der Waals surface area contributed by atoms with Gasteiger partial charge in [0.05, 0.1) is 10.5 Å². The van der Waals surface area contributed by atoms with Crippen molar-refractivity contribution < 1.29 is 13.2 Å². The summed E-state index contributed by atoms with van der Waals surface area (Å²) in [6.07, 6.45) is 6.08. The van der Waals surface area contributed by atoms with Crippen LogP contribution in [0.5, 0.6) is 0 Å². The van der Waals surface area contributed by atoms with Gasteiger partial charge in [0.1, 0.15) is 5.65 Å². The molecule has 1 amide bonds. The number of hydrogen-bond donors (Lipinski definition) is 1. The number of amides is 1. The van der Waals surface area contributed by atoms with Gasteiger partial charge in [-0.15, -0.1) is 0 Å². The van der Waals surface area contributed by atoms with Gasteiger partial charge in [-0.1, -0.05) is 11.6 Å². The number of benzene rings is 1. The molecule has 8 heteroatoms. The smallest absolute Gasteiger partial charge is 0.257 e. The number of nitrogens with zero attached hydrogens (tertiary/aromatic N) is 2. The number of carbonyl (C=O) groups excluding carboxylic acids is 1. The summed E-state index contributed by atoms with van der Waals surface area (Å²) in [5.41, 5.74) is 1.45. The van der Waals surface area contributed by atoms with Crippen molar-refractivity contribution in [3.63, 3.8) is 0 Å². The van der Waals surface area contributed by atoms with Gasteiger partial charge in [-0.2, -0.15) is 0 Å². The van der Waals surface area contributed by atoms with Crippen LogP contribution in [-0.2, 0) is 9.84 Å². The quantitative estimate of drug-likeness (QED) is 0.788. The summed E-state index contributed by atoms with van der Waals surface area (Å²) in [5, 5.41) is 2.88. The highest BCUT2D eigenvalue weighted by Crippen LogP contribution is 2.23. The highest BCUT2D eigenvalue weighted by Gasteiger charge is 2.12. The molecule has 1 aromatic carbocycles. The maximum absolute atomic E-state index is 12.3. The van der Waals surface area contributed by atoms with Gasteiger partial charge in [-0.05, 0) is 30.3 Å². The Morgan fingerprint density at radius 1 is 1.26 bits per heavy atom. The number of anilines is 1. The van der Waals surface area contributed by atoms with Crippen molar-refractivity contribution in [2.24, 2.45) is 0 Å². The number of sulfone groups is 1. The number of nitrogens with one attached hydrogen (secondary N) is 1. The lowest BCUT2D eigenvalue weighted by molar-refractivity contribution is 0.102. The number of rotatable bonds is 3. The SMILES string of the molecule is CS(=O)(=O)c1cc(Cl)cc(NC(=O)c2ccc3nccn3c2)c1. The standard InChI is InChI=1S/C15H12ClN3O3S/c1-23(21,22)13-7-11(16)6-12(8-13)18-15(20)10-2-3-14-17-4-5-19(14)9-10/h2-9H,1H3,(H,18,20). The Hall–Kier alpha value is -2.38. The summed E-state index contributed by atoms with van der Waals surface area (Å²) in [5.74, 6) is -0.373.